The van der Waals surface area contributed by atoms with Crippen molar-refractivity contribution in [2.45, 2.75) is 12.5 Å². The first-order valence-electron chi connectivity index (χ1n) is 5.65. The molecule has 2 N–H and O–H groups in total. The molecule has 3 fully saturated rings. The third-order valence-corrected chi connectivity index (χ3v) is 3.80. The summed E-state index contributed by atoms with van der Waals surface area (Å²) in [4.78, 5) is 2.33. The highest BCUT2D eigenvalue weighted by Gasteiger charge is 2.44. The third kappa shape index (κ3) is 1.43. The van der Waals surface area contributed by atoms with Gasteiger partial charge in [0.1, 0.15) is 0 Å². The van der Waals surface area contributed by atoms with Gasteiger partial charge >= 0.3 is 0 Å². The highest BCUT2D eigenvalue weighted by atomic mass is 16.5. The number of methoxy groups -OCH3 is 1. The average molecular weight is 220 g/mol. The number of piperidine rings is 2. The molecule has 2 aliphatic heterocycles. The summed E-state index contributed by atoms with van der Waals surface area (Å²) in [5, 5.41) is 7.82. The summed E-state index contributed by atoms with van der Waals surface area (Å²) in [7, 11) is 1.61. The molecule has 1 aromatic rings. The zero-order valence-electron chi connectivity index (χ0n) is 9.34. The lowest BCUT2D eigenvalue weighted by atomic mass is 9.66. The summed E-state index contributed by atoms with van der Waals surface area (Å²) in [6.07, 6.45) is 3.08. The van der Waals surface area contributed by atoms with E-state index in [-0.39, 0.29) is 0 Å². The van der Waals surface area contributed by atoms with Crippen molar-refractivity contribution in [2.75, 3.05) is 25.1 Å². The van der Waals surface area contributed by atoms with Crippen LogP contribution >= 0.6 is 0 Å². The van der Waals surface area contributed by atoms with Crippen LogP contribution in [0.25, 0.3) is 0 Å². The van der Waals surface area contributed by atoms with E-state index >= 15 is 0 Å². The molecular weight excluding hydrogens is 204 g/mol. The fraction of sp³-hybridized carbons (Fsp3) is 0.636. The monoisotopic (exact) mass is 220 g/mol. The quantitative estimate of drug-likeness (QED) is 0.775. The van der Waals surface area contributed by atoms with Crippen LogP contribution in [0.1, 0.15) is 6.42 Å². The fourth-order valence-corrected chi connectivity index (χ4v) is 2.75. The highest BCUT2D eigenvalue weighted by molar-refractivity contribution is 5.47. The van der Waals surface area contributed by atoms with E-state index in [2.05, 4.69) is 15.1 Å². The number of hydrogen-bond donors (Lipinski definition) is 1. The van der Waals surface area contributed by atoms with Crippen molar-refractivity contribution in [3.8, 4) is 5.88 Å². The molecule has 0 radical (unpaired) electrons. The Morgan fingerprint density at radius 1 is 1.44 bits per heavy atom. The van der Waals surface area contributed by atoms with Crippen molar-refractivity contribution in [1.29, 1.82) is 0 Å². The smallest absolute Gasteiger partial charge is 0.235 e. The number of nitrogens with zero attached hydrogens (tertiary/aromatic N) is 3. The van der Waals surface area contributed by atoms with Crippen molar-refractivity contribution in [1.82, 2.24) is 10.2 Å². The molecule has 0 aromatic carbocycles. The lowest BCUT2D eigenvalue weighted by Gasteiger charge is -2.52. The van der Waals surface area contributed by atoms with Gasteiger partial charge in [0.05, 0.1) is 19.0 Å². The molecule has 86 valence electrons. The molecule has 1 aromatic heterocycles. The van der Waals surface area contributed by atoms with Gasteiger partial charge in [-0.3, -0.25) is 0 Å². The standard InChI is InChI=1S/C11H16N4O/c1-16-10-3-9(4-13-14-10)15-5-7-2-8(6-15)11(7)12/h3-4,7-8,11H,2,5-6,12H2,1H3/t7-,8+,11-. The molecule has 0 unspecified atom stereocenters. The number of fused-ring (bicyclic) bond motifs is 2. The lowest BCUT2D eigenvalue weighted by molar-refractivity contribution is 0.116. The van der Waals surface area contributed by atoms with Gasteiger partial charge in [-0.1, -0.05) is 0 Å². The summed E-state index contributed by atoms with van der Waals surface area (Å²) in [6.45, 7) is 2.07. The first kappa shape index (κ1) is 9.84. The Morgan fingerprint density at radius 2 is 2.19 bits per heavy atom. The Bertz CT molecular complexity index is 385. The van der Waals surface area contributed by atoms with Gasteiger partial charge in [0.15, 0.2) is 0 Å². The van der Waals surface area contributed by atoms with Crippen LogP contribution < -0.4 is 15.4 Å². The van der Waals surface area contributed by atoms with Crippen LogP contribution in [0, 0.1) is 11.8 Å². The Morgan fingerprint density at radius 3 is 2.81 bits per heavy atom. The van der Waals surface area contributed by atoms with Gasteiger partial charge < -0.3 is 15.4 Å². The van der Waals surface area contributed by atoms with Gasteiger partial charge in [-0.2, -0.15) is 5.10 Å². The first-order valence-corrected chi connectivity index (χ1v) is 5.65. The van der Waals surface area contributed by atoms with Crippen LogP contribution in [0.4, 0.5) is 5.69 Å². The largest absolute Gasteiger partial charge is 0.480 e. The molecule has 5 nitrogen and oxygen atoms in total. The average Bonchev–Trinajstić information content (AvgIpc) is 2.38. The molecule has 0 spiro atoms. The number of aromatic nitrogens is 2. The highest BCUT2D eigenvalue weighted by Crippen LogP contribution is 2.40. The molecule has 1 aliphatic carbocycles. The normalized spacial score (nSPS) is 32.1. The van der Waals surface area contributed by atoms with Crippen LogP contribution in [0.15, 0.2) is 12.3 Å². The van der Waals surface area contributed by atoms with Crippen molar-refractivity contribution in [3.63, 3.8) is 0 Å². The Hall–Kier alpha value is -1.36. The second-order valence-corrected chi connectivity index (χ2v) is 4.69. The van der Waals surface area contributed by atoms with Gasteiger partial charge in [-0.05, 0) is 18.3 Å². The predicted octanol–water partition coefficient (Wildman–Crippen LogP) is 0.269. The molecule has 16 heavy (non-hydrogen) atoms. The summed E-state index contributed by atoms with van der Waals surface area (Å²) in [5.41, 5.74) is 7.14. The molecular formula is C11H16N4O. The van der Waals surface area contributed by atoms with E-state index in [1.807, 2.05) is 6.07 Å². The Kier molecular flexibility index (Phi) is 2.21. The van der Waals surface area contributed by atoms with E-state index in [1.54, 1.807) is 13.3 Å². The maximum atomic E-state index is 6.05. The van der Waals surface area contributed by atoms with Gasteiger partial charge in [0.2, 0.25) is 5.88 Å². The van der Waals surface area contributed by atoms with Crippen molar-refractivity contribution >= 4 is 5.69 Å². The van der Waals surface area contributed by atoms with Crippen LogP contribution in [0.3, 0.4) is 0 Å². The van der Waals surface area contributed by atoms with E-state index in [0.717, 1.165) is 18.8 Å². The number of rotatable bonds is 2. The molecule has 4 rings (SSSR count). The number of hydrogen-bond acceptors (Lipinski definition) is 5. The SMILES string of the molecule is COc1cc(N2C[C@H]3C[C@@H](C2)[C@@H]3N)cnn1. The molecule has 3 heterocycles. The topological polar surface area (TPSA) is 64.3 Å². The second-order valence-electron chi connectivity index (χ2n) is 4.69. The van der Waals surface area contributed by atoms with Gasteiger partial charge in [-0.15, -0.1) is 5.10 Å². The van der Waals surface area contributed by atoms with Crippen LogP contribution in [-0.2, 0) is 0 Å². The number of anilines is 1. The fourth-order valence-electron chi connectivity index (χ4n) is 2.75. The minimum atomic E-state index is 0.410. The maximum absolute atomic E-state index is 6.05. The molecule has 5 heteroatoms. The van der Waals surface area contributed by atoms with E-state index in [1.165, 1.54) is 6.42 Å². The number of nitrogens with two attached hydrogens (primary N) is 1. The predicted molar refractivity (Wildman–Crippen MR) is 60.4 cm³/mol. The molecule has 2 saturated heterocycles. The summed E-state index contributed by atoms with van der Waals surface area (Å²) in [5.74, 6) is 1.87. The minimum absolute atomic E-state index is 0.410. The van der Waals surface area contributed by atoms with Crippen molar-refractivity contribution < 1.29 is 4.74 Å². The molecule has 3 atom stereocenters. The third-order valence-electron chi connectivity index (χ3n) is 3.80. The summed E-state index contributed by atoms with van der Waals surface area (Å²) in [6, 6.07) is 2.34. The van der Waals surface area contributed by atoms with Gasteiger partial charge in [0.25, 0.3) is 0 Å². The van der Waals surface area contributed by atoms with E-state index in [4.69, 9.17) is 10.5 Å². The first-order chi connectivity index (χ1) is 7.78. The zero-order chi connectivity index (χ0) is 11.1. The lowest BCUT2D eigenvalue weighted by Crippen LogP contribution is -2.62. The number of ether oxygens (including phenoxy) is 1. The van der Waals surface area contributed by atoms with Crippen molar-refractivity contribution in [2.24, 2.45) is 17.6 Å². The minimum Gasteiger partial charge on any atom is -0.480 e. The summed E-state index contributed by atoms with van der Waals surface area (Å²) >= 11 is 0. The van der Waals surface area contributed by atoms with E-state index in [9.17, 15) is 0 Å². The van der Waals surface area contributed by atoms with Gasteiger partial charge in [0, 0.05) is 25.2 Å². The van der Waals surface area contributed by atoms with Crippen LogP contribution in [0.5, 0.6) is 5.88 Å². The maximum Gasteiger partial charge on any atom is 0.235 e. The van der Waals surface area contributed by atoms with Crippen molar-refractivity contribution in [3.05, 3.63) is 12.3 Å². The second kappa shape index (κ2) is 3.59. The molecule has 1 saturated carbocycles. The molecule has 3 aliphatic rings. The Balaban J connectivity index is 1.78. The van der Waals surface area contributed by atoms with Crippen LogP contribution in [0.2, 0.25) is 0 Å². The van der Waals surface area contributed by atoms with E-state index in [0.29, 0.717) is 23.8 Å². The van der Waals surface area contributed by atoms with Gasteiger partial charge in [-0.25, -0.2) is 0 Å². The zero-order valence-corrected chi connectivity index (χ0v) is 9.34. The molecule has 0 amide bonds. The summed E-state index contributed by atoms with van der Waals surface area (Å²) < 4.78 is 5.08. The van der Waals surface area contributed by atoms with Crippen LogP contribution in [-0.4, -0.2) is 36.4 Å². The Labute approximate surface area is 94.6 Å². The molecule has 2 bridgehead atoms. The van der Waals surface area contributed by atoms with E-state index < -0.39 is 0 Å².